The fourth-order valence-corrected chi connectivity index (χ4v) is 3.31. The van der Waals surface area contributed by atoms with Gasteiger partial charge in [-0.15, -0.1) is 0 Å². The van der Waals surface area contributed by atoms with Gasteiger partial charge in [0, 0.05) is 28.9 Å². The van der Waals surface area contributed by atoms with Crippen molar-refractivity contribution in [2.45, 2.75) is 33.3 Å². The van der Waals surface area contributed by atoms with Crippen molar-refractivity contribution < 1.29 is 14.6 Å². The lowest BCUT2D eigenvalue weighted by Crippen LogP contribution is -2.26. The molecule has 0 aliphatic rings. The van der Waals surface area contributed by atoms with Gasteiger partial charge in [-0.2, -0.15) is 5.10 Å². The number of phenolic OH excluding ortho intramolecular Hbond substituents is 1. The number of aryl methyl sites for hydroxylation is 1. The summed E-state index contributed by atoms with van der Waals surface area (Å²) in [6.07, 6.45) is 1.34. The highest BCUT2D eigenvalue weighted by molar-refractivity contribution is 6.00. The molecule has 2 heterocycles. The first-order valence-electron chi connectivity index (χ1n) is 9.67. The van der Waals surface area contributed by atoms with Crippen LogP contribution in [-0.2, 0) is 4.74 Å². The molecule has 0 unspecified atom stereocenters. The lowest BCUT2D eigenvalue weighted by molar-refractivity contribution is 0.0544. The number of para-hydroxylation sites is 1. The molecule has 4 rings (SSSR count). The summed E-state index contributed by atoms with van der Waals surface area (Å²) in [6, 6.07) is 14.7. The van der Waals surface area contributed by atoms with E-state index < -0.39 is 11.7 Å². The van der Waals surface area contributed by atoms with E-state index in [1.165, 1.54) is 4.57 Å². The molecule has 154 valence electrons. The molecule has 4 aromatic rings. The predicted molar refractivity (Wildman–Crippen MR) is 117 cm³/mol. The number of fused-ring (bicyclic) bond motifs is 1. The van der Waals surface area contributed by atoms with E-state index >= 15 is 0 Å². The molecule has 0 saturated carbocycles. The summed E-state index contributed by atoms with van der Waals surface area (Å²) >= 11 is 0. The third kappa shape index (κ3) is 3.87. The summed E-state index contributed by atoms with van der Waals surface area (Å²) in [4.78, 5) is 12.7. The Morgan fingerprint density at radius 3 is 2.67 bits per heavy atom. The third-order valence-electron chi connectivity index (χ3n) is 4.64. The highest BCUT2D eigenvalue weighted by atomic mass is 16.6. The van der Waals surface area contributed by atoms with Gasteiger partial charge in [0.25, 0.3) is 0 Å². The van der Waals surface area contributed by atoms with Crippen LogP contribution in [-0.4, -0.2) is 31.6 Å². The molecule has 0 fully saturated rings. The number of hydrogen-bond donors (Lipinski definition) is 3. The molecule has 3 N–H and O–H groups in total. The number of carbonyl (C=O) groups excluding carboxylic acids is 1. The van der Waals surface area contributed by atoms with Crippen LogP contribution in [0, 0.1) is 6.92 Å². The normalized spacial score (nSPS) is 11.6. The van der Waals surface area contributed by atoms with Crippen LogP contribution >= 0.6 is 0 Å². The number of nitrogens with zero attached hydrogens (tertiary/aromatic N) is 2. The number of hydrogen-bond acceptors (Lipinski definition) is 5. The van der Waals surface area contributed by atoms with Gasteiger partial charge in [-0.3, -0.25) is 9.67 Å². The smallest absolute Gasteiger partial charge is 0.419 e. The van der Waals surface area contributed by atoms with Crippen molar-refractivity contribution >= 4 is 28.5 Å². The van der Waals surface area contributed by atoms with Gasteiger partial charge in [0.15, 0.2) is 5.82 Å². The fraction of sp³-hybridized carbons (Fsp3) is 0.217. The number of aromatic hydroxyl groups is 1. The molecule has 2 aromatic heterocycles. The molecule has 0 aliphatic heterocycles. The maximum absolute atomic E-state index is 12.7. The molecule has 0 spiro atoms. The molecule has 7 nitrogen and oxygen atoms in total. The Labute approximate surface area is 174 Å². The first-order valence-corrected chi connectivity index (χ1v) is 9.67. The second-order valence-corrected chi connectivity index (χ2v) is 8.20. The van der Waals surface area contributed by atoms with E-state index in [9.17, 15) is 9.90 Å². The molecular formula is C23H24N4O3. The Balaban J connectivity index is 1.69. The van der Waals surface area contributed by atoms with Gasteiger partial charge in [-0.05, 0) is 57.5 Å². The number of rotatable bonds is 3. The van der Waals surface area contributed by atoms with Gasteiger partial charge in [0.1, 0.15) is 11.4 Å². The highest BCUT2D eigenvalue weighted by Crippen LogP contribution is 2.32. The van der Waals surface area contributed by atoms with Crippen molar-refractivity contribution in [1.29, 1.82) is 0 Å². The zero-order valence-corrected chi connectivity index (χ0v) is 17.4. The predicted octanol–water partition coefficient (Wildman–Crippen LogP) is 5.57. The van der Waals surface area contributed by atoms with E-state index in [0.717, 1.165) is 33.4 Å². The van der Waals surface area contributed by atoms with Crippen LogP contribution in [0.1, 0.15) is 26.3 Å². The number of H-pyrrole nitrogens is 1. The second kappa shape index (κ2) is 7.26. The zero-order chi connectivity index (χ0) is 21.5. The monoisotopic (exact) mass is 404 g/mol. The van der Waals surface area contributed by atoms with Crippen LogP contribution < -0.4 is 5.32 Å². The van der Waals surface area contributed by atoms with Crippen LogP contribution in [0.5, 0.6) is 5.75 Å². The summed E-state index contributed by atoms with van der Waals surface area (Å²) in [5.41, 5.74) is 3.55. The number of benzene rings is 2. The lowest BCUT2D eigenvalue weighted by atomic mass is 10.1. The van der Waals surface area contributed by atoms with E-state index in [2.05, 4.69) is 15.5 Å². The van der Waals surface area contributed by atoms with E-state index in [1.54, 1.807) is 24.4 Å². The molecular weight excluding hydrogens is 380 g/mol. The third-order valence-corrected chi connectivity index (χ3v) is 4.64. The van der Waals surface area contributed by atoms with E-state index in [-0.39, 0.29) is 5.75 Å². The number of anilines is 2. The molecule has 0 amide bonds. The molecule has 30 heavy (non-hydrogen) atoms. The standard InChI is InChI=1S/C23H24N4O3/c1-14-11-15(28)9-10-18(14)24-21-12-19(25-26-21)17-13-27(22(29)30-23(2,3)4)20-8-6-5-7-16(17)20/h5-13,28H,1-4H3,(H2,24,25,26). The molecule has 0 bridgehead atoms. The van der Waals surface area contributed by atoms with Crippen molar-refractivity contribution in [3.8, 4) is 17.0 Å². The minimum atomic E-state index is -0.588. The van der Waals surface area contributed by atoms with E-state index in [1.807, 2.05) is 58.0 Å². The number of carbonyl (C=O) groups is 1. The molecule has 0 saturated heterocycles. The minimum absolute atomic E-state index is 0.218. The molecule has 2 aromatic carbocycles. The quantitative estimate of drug-likeness (QED) is 0.388. The number of phenols is 1. The van der Waals surface area contributed by atoms with Gasteiger partial charge < -0.3 is 15.2 Å². The van der Waals surface area contributed by atoms with Crippen LogP contribution in [0.3, 0.4) is 0 Å². The topological polar surface area (TPSA) is 92.2 Å². The summed E-state index contributed by atoms with van der Waals surface area (Å²) < 4.78 is 7.08. The average molecular weight is 404 g/mol. The van der Waals surface area contributed by atoms with Crippen molar-refractivity contribution in [2.75, 3.05) is 5.32 Å². The maximum atomic E-state index is 12.7. The van der Waals surface area contributed by atoms with Gasteiger partial charge in [0.2, 0.25) is 0 Å². The Morgan fingerprint density at radius 1 is 1.17 bits per heavy atom. The van der Waals surface area contributed by atoms with Crippen molar-refractivity contribution in [2.24, 2.45) is 0 Å². The fourth-order valence-electron chi connectivity index (χ4n) is 3.31. The first kappa shape index (κ1) is 19.6. The summed E-state index contributed by atoms with van der Waals surface area (Å²) in [7, 11) is 0. The number of ether oxygens (including phenoxy) is 1. The van der Waals surface area contributed by atoms with Gasteiger partial charge in [-0.1, -0.05) is 18.2 Å². The van der Waals surface area contributed by atoms with Crippen LogP contribution in [0.2, 0.25) is 0 Å². The molecule has 7 heteroatoms. The van der Waals surface area contributed by atoms with Crippen molar-refractivity contribution in [3.63, 3.8) is 0 Å². The van der Waals surface area contributed by atoms with Crippen LogP contribution in [0.4, 0.5) is 16.3 Å². The van der Waals surface area contributed by atoms with Gasteiger partial charge in [-0.25, -0.2) is 4.79 Å². The lowest BCUT2D eigenvalue weighted by Gasteiger charge is -2.19. The second-order valence-electron chi connectivity index (χ2n) is 8.20. The van der Waals surface area contributed by atoms with Gasteiger partial charge >= 0.3 is 6.09 Å². The molecule has 0 aliphatic carbocycles. The minimum Gasteiger partial charge on any atom is -0.508 e. The summed E-state index contributed by atoms with van der Waals surface area (Å²) in [6.45, 7) is 7.44. The number of nitrogens with one attached hydrogen (secondary N) is 2. The Morgan fingerprint density at radius 2 is 1.93 bits per heavy atom. The summed E-state index contributed by atoms with van der Waals surface area (Å²) in [5.74, 6) is 0.851. The molecule has 0 radical (unpaired) electrons. The summed E-state index contributed by atoms with van der Waals surface area (Å²) in [5, 5.41) is 21.1. The van der Waals surface area contributed by atoms with Crippen molar-refractivity contribution in [1.82, 2.24) is 14.8 Å². The Hall–Kier alpha value is -3.74. The molecule has 0 atom stereocenters. The van der Waals surface area contributed by atoms with Crippen molar-refractivity contribution in [3.05, 3.63) is 60.3 Å². The number of aromatic nitrogens is 3. The number of aromatic amines is 1. The van der Waals surface area contributed by atoms with Crippen LogP contribution in [0.25, 0.3) is 22.2 Å². The zero-order valence-electron chi connectivity index (χ0n) is 17.4. The first-order chi connectivity index (χ1) is 14.2. The average Bonchev–Trinajstić information content (AvgIpc) is 3.27. The largest absolute Gasteiger partial charge is 0.508 e. The Kier molecular flexibility index (Phi) is 4.73. The maximum Gasteiger partial charge on any atom is 0.419 e. The Bertz CT molecular complexity index is 1230. The van der Waals surface area contributed by atoms with Crippen LogP contribution in [0.15, 0.2) is 54.7 Å². The van der Waals surface area contributed by atoms with E-state index in [0.29, 0.717) is 5.82 Å². The van der Waals surface area contributed by atoms with E-state index in [4.69, 9.17) is 4.74 Å². The highest BCUT2D eigenvalue weighted by Gasteiger charge is 2.21. The SMILES string of the molecule is Cc1cc(O)ccc1Nc1cc(-c2cn(C(=O)OC(C)(C)C)c3ccccc23)[nH]n1. The van der Waals surface area contributed by atoms with Gasteiger partial charge in [0.05, 0.1) is 11.2 Å².